The van der Waals surface area contributed by atoms with Gasteiger partial charge in [-0.25, -0.2) is 4.39 Å². The van der Waals surface area contributed by atoms with Gasteiger partial charge in [0.25, 0.3) is 0 Å². The number of methoxy groups -OCH3 is 1. The van der Waals surface area contributed by atoms with E-state index in [2.05, 4.69) is 10.2 Å². The molecule has 1 heterocycles. The topological polar surface area (TPSA) is 50.8 Å². The summed E-state index contributed by atoms with van der Waals surface area (Å²) in [5.74, 6) is 0.464. The number of amides is 1. The number of halogens is 1. The number of hydrogen-bond acceptors (Lipinski definition) is 4. The molecule has 1 saturated heterocycles. The van der Waals surface area contributed by atoms with Gasteiger partial charge >= 0.3 is 0 Å². The average Bonchev–Trinajstić information content (AvgIpc) is 2.71. The molecule has 1 aliphatic heterocycles. The van der Waals surface area contributed by atoms with Crippen LogP contribution in [0.3, 0.4) is 0 Å². The molecule has 5 nitrogen and oxygen atoms in total. The molecule has 1 unspecified atom stereocenters. The van der Waals surface area contributed by atoms with E-state index in [1.54, 1.807) is 19.2 Å². The van der Waals surface area contributed by atoms with Crippen LogP contribution in [-0.4, -0.2) is 50.8 Å². The Kier molecular flexibility index (Phi) is 6.79. The van der Waals surface area contributed by atoms with Crippen molar-refractivity contribution in [3.05, 3.63) is 65.5 Å². The van der Waals surface area contributed by atoms with Gasteiger partial charge in [-0.1, -0.05) is 24.3 Å². The number of carbonyl (C=O) groups excluding carboxylic acids is 1. The summed E-state index contributed by atoms with van der Waals surface area (Å²) in [7, 11) is 1.61. The normalized spacial score (nSPS) is 15.9. The Morgan fingerprint density at radius 3 is 2.44 bits per heavy atom. The maximum atomic E-state index is 13.3. The minimum atomic E-state index is -0.261. The fraction of sp³-hybridized carbons (Fsp3) is 0.381. The van der Waals surface area contributed by atoms with Crippen molar-refractivity contribution in [2.24, 2.45) is 0 Å². The van der Waals surface area contributed by atoms with Crippen LogP contribution >= 0.6 is 0 Å². The van der Waals surface area contributed by atoms with E-state index < -0.39 is 0 Å². The van der Waals surface area contributed by atoms with Crippen molar-refractivity contribution in [2.45, 2.75) is 12.5 Å². The molecule has 0 radical (unpaired) electrons. The second-order valence-corrected chi connectivity index (χ2v) is 6.54. The molecule has 0 bridgehead atoms. The molecular formula is C21H25FN2O3. The quantitative estimate of drug-likeness (QED) is 0.812. The molecular weight excluding hydrogens is 347 g/mol. The van der Waals surface area contributed by atoms with E-state index in [9.17, 15) is 9.18 Å². The molecule has 1 N–H and O–H groups in total. The van der Waals surface area contributed by atoms with E-state index in [1.807, 2.05) is 24.3 Å². The van der Waals surface area contributed by atoms with E-state index in [1.165, 1.54) is 12.1 Å². The van der Waals surface area contributed by atoms with Gasteiger partial charge in [-0.05, 0) is 35.4 Å². The van der Waals surface area contributed by atoms with Crippen LogP contribution in [0, 0.1) is 5.82 Å². The molecule has 0 saturated carbocycles. The monoisotopic (exact) mass is 372 g/mol. The molecule has 144 valence electrons. The third-order valence-electron chi connectivity index (χ3n) is 4.76. The van der Waals surface area contributed by atoms with Gasteiger partial charge < -0.3 is 14.8 Å². The van der Waals surface area contributed by atoms with E-state index in [4.69, 9.17) is 9.47 Å². The third kappa shape index (κ3) is 5.52. The third-order valence-corrected chi connectivity index (χ3v) is 4.76. The van der Waals surface area contributed by atoms with Gasteiger partial charge in [0.1, 0.15) is 11.6 Å². The highest BCUT2D eigenvalue weighted by atomic mass is 19.1. The molecule has 0 spiro atoms. The summed E-state index contributed by atoms with van der Waals surface area (Å²) in [5, 5.41) is 3.02. The van der Waals surface area contributed by atoms with Crippen molar-refractivity contribution in [3.8, 4) is 5.75 Å². The Morgan fingerprint density at radius 2 is 1.81 bits per heavy atom. The predicted molar refractivity (Wildman–Crippen MR) is 101 cm³/mol. The van der Waals surface area contributed by atoms with Gasteiger partial charge in [0.2, 0.25) is 5.91 Å². The van der Waals surface area contributed by atoms with Crippen LogP contribution in [0.5, 0.6) is 5.75 Å². The molecule has 2 aromatic carbocycles. The highest BCUT2D eigenvalue weighted by Gasteiger charge is 2.23. The van der Waals surface area contributed by atoms with Gasteiger partial charge in [-0.2, -0.15) is 0 Å². The van der Waals surface area contributed by atoms with Gasteiger partial charge in [0, 0.05) is 19.6 Å². The minimum absolute atomic E-state index is 0.00526. The molecule has 27 heavy (non-hydrogen) atoms. The van der Waals surface area contributed by atoms with Crippen molar-refractivity contribution in [1.29, 1.82) is 0 Å². The summed E-state index contributed by atoms with van der Waals surface area (Å²) in [5.41, 5.74) is 1.92. The van der Waals surface area contributed by atoms with Crippen LogP contribution < -0.4 is 10.1 Å². The molecule has 0 aliphatic carbocycles. The Bertz CT molecular complexity index is 728. The predicted octanol–water partition coefficient (Wildman–Crippen LogP) is 2.57. The number of nitrogens with zero attached hydrogens (tertiary/aromatic N) is 1. The Morgan fingerprint density at radius 1 is 1.15 bits per heavy atom. The van der Waals surface area contributed by atoms with Gasteiger partial charge in [0.05, 0.1) is 32.8 Å². The largest absolute Gasteiger partial charge is 0.497 e. The first-order chi connectivity index (χ1) is 13.2. The second-order valence-electron chi connectivity index (χ2n) is 6.54. The number of morpholine rings is 1. The Balaban J connectivity index is 1.62. The molecule has 1 aliphatic rings. The zero-order chi connectivity index (χ0) is 19.1. The van der Waals surface area contributed by atoms with Crippen molar-refractivity contribution in [2.75, 3.05) is 40.0 Å². The molecule has 1 atom stereocenters. The fourth-order valence-corrected chi connectivity index (χ4v) is 3.23. The van der Waals surface area contributed by atoms with E-state index in [0.29, 0.717) is 26.2 Å². The van der Waals surface area contributed by atoms with Gasteiger partial charge in [0.15, 0.2) is 0 Å². The number of carbonyl (C=O) groups is 1. The number of nitrogens with one attached hydrogen (secondary N) is 1. The maximum absolute atomic E-state index is 13.3. The summed E-state index contributed by atoms with van der Waals surface area (Å²) in [6.45, 7) is 3.38. The highest BCUT2D eigenvalue weighted by molar-refractivity contribution is 5.78. The van der Waals surface area contributed by atoms with Crippen molar-refractivity contribution < 1.29 is 18.7 Å². The highest BCUT2D eigenvalue weighted by Crippen LogP contribution is 2.22. The lowest BCUT2D eigenvalue weighted by Gasteiger charge is -2.35. The number of ether oxygens (including phenoxy) is 2. The first kappa shape index (κ1) is 19.3. The van der Waals surface area contributed by atoms with Gasteiger partial charge in [-0.15, -0.1) is 0 Å². The van der Waals surface area contributed by atoms with E-state index in [-0.39, 0.29) is 17.8 Å². The lowest BCUT2D eigenvalue weighted by atomic mass is 10.0. The second kappa shape index (κ2) is 9.48. The Hall–Kier alpha value is -2.44. The zero-order valence-electron chi connectivity index (χ0n) is 15.5. The Labute approximate surface area is 159 Å². The first-order valence-corrected chi connectivity index (χ1v) is 9.12. The molecule has 3 rings (SSSR count). The molecule has 0 aromatic heterocycles. The number of rotatable bonds is 7. The average molecular weight is 372 g/mol. The van der Waals surface area contributed by atoms with E-state index >= 15 is 0 Å². The van der Waals surface area contributed by atoms with E-state index in [0.717, 1.165) is 30.0 Å². The van der Waals surface area contributed by atoms with Crippen LogP contribution in [0.4, 0.5) is 4.39 Å². The lowest BCUT2D eigenvalue weighted by Crippen LogP contribution is -2.44. The SMILES string of the molecule is COc1ccc(CC(=O)NCC(c2ccc(F)cc2)N2CCOCC2)cc1. The summed E-state index contributed by atoms with van der Waals surface area (Å²) >= 11 is 0. The maximum Gasteiger partial charge on any atom is 0.224 e. The van der Waals surface area contributed by atoms with Crippen LogP contribution in [0.1, 0.15) is 17.2 Å². The van der Waals surface area contributed by atoms with Crippen molar-refractivity contribution >= 4 is 5.91 Å². The standard InChI is InChI=1S/C21H25FN2O3/c1-26-19-8-2-16(3-9-19)14-21(25)23-15-20(24-10-12-27-13-11-24)17-4-6-18(22)7-5-17/h2-9,20H,10-15H2,1H3,(H,23,25). The smallest absolute Gasteiger partial charge is 0.224 e. The lowest BCUT2D eigenvalue weighted by molar-refractivity contribution is -0.120. The number of benzene rings is 2. The van der Waals surface area contributed by atoms with Crippen LogP contribution in [-0.2, 0) is 16.0 Å². The minimum Gasteiger partial charge on any atom is -0.497 e. The summed E-state index contributed by atoms with van der Waals surface area (Å²) in [6, 6.07) is 13.9. The molecule has 6 heteroatoms. The molecule has 1 fully saturated rings. The molecule has 2 aromatic rings. The summed E-state index contributed by atoms with van der Waals surface area (Å²) in [6.07, 6.45) is 0.309. The first-order valence-electron chi connectivity index (χ1n) is 9.12. The van der Waals surface area contributed by atoms with Crippen molar-refractivity contribution in [3.63, 3.8) is 0 Å². The van der Waals surface area contributed by atoms with Gasteiger partial charge in [-0.3, -0.25) is 9.69 Å². The summed E-state index contributed by atoms with van der Waals surface area (Å²) in [4.78, 5) is 14.7. The van der Waals surface area contributed by atoms with Crippen LogP contribution in [0.25, 0.3) is 0 Å². The van der Waals surface area contributed by atoms with Crippen molar-refractivity contribution in [1.82, 2.24) is 10.2 Å². The van der Waals surface area contributed by atoms with Crippen LogP contribution in [0.15, 0.2) is 48.5 Å². The molecule has 1 amide bonds. The van der Waals surface area contributed by atoms with Crippen LogP contribution in [0.2, 0.25) is 0 Å². The summed E-state index contributed by atoms with van der Waals surface area (Å²) < 4.78 is 23.9. The zero-order valence-corrected chi connectivity index (χ0v) is 15.5. The number of hydrogen-bond donors (Lipinski definition) is 1. The fourth-order valence-electron chi connectivity index (χ4n) is 3.23.